The Kier molecular flexibility index (Phi) is 9.52. The van der Waals surface area contributed by atoms with Crippen molar-refractivity contribution in [2.75, 3.05) is 11.9 Å². The Balaban J connectivity index is 1.25. The van der Waals surface area contributed by atoms with E-state index in [0.29, 0.717) is 11.1 Å². The van der Waals surface area contributed by atoms with Gasteiger partial charge < -0.3 is 24.3 Å². The number of nitrogens with zero attached hydrogens (tertiary/aromatic N) is 4. The fourth-order valence-corrected chi connectivity index (χ4v) is 5.58. The maximum absolute atomic E-state index is 13.5. The van der Waals surface area contributed by atoms with Crippen LogP contribution in [-0.2, 0) is 18.9 Å². The van der Waals surface area contributed by atoms with Crippen LogP contribution in [0.15, 0.2) is 134 Å². The molecule has 0 spiro atoms. The van der Waals surface area contributed by atoms with E-state index in [9.17, 15) is 19.2 Å². The van der Waals surface area contributed by atoms with Gasteiger partial charge in [0.15, 0.2) is 35.4 Å². The molecule has 13 nitrogen and oxygen atoms in total. The quantitative estimate of drug-likeness (QED) is 0.114. The minimum absolute atomic E-state index is 0.129. The van der Waals surface area contributed by atoms with Gasteiger partial charge in [0.05, 0.1) is 23.0 Å². The summed E-state index contributed by atoms with van der Waals surface area (Å²) in [4.78, 5) is 66.1. The largest absolute Gasteiger partial charge is 0.459 e. The van der Waals surface area contributed by atoms with Crippen molar-refractivity contribution in [3.8, 4) is 0 Å². The fourth-order valence-electron chi connectivity index (χ4n) is 5.58. The van der Waals surface area contributed by atoms with Gasteiger partial charge in [0.1, 0.15) is 19.0 Å². The number of esters is 3. The summed E-state index contributed by atoms with van der Waals surface area (Å²) >= 11 is 0. The van der Waals surface area contributed by atoms with Crippen molar-refractivity contribution in [2.24, 2.45) is 0 Å². The van der Waals surface area contributed by atoms with E-state index in [4.69, 9.17) is 18.9 Å². The number of nitrogens with one attached hydrogen (secondary N) is 1. The number of benzene rings is 4. The van der Waals surface area contributed by atoms with E-state index in [-0.39, 0.29) is 34.7 Å². The minimum Gasteiger partial charge on any atom is -0.459 e. The first-order valence-corrected chi connectivity index (χ1v) is 15.9. The van der Waals surface area contributed by atoms with Gasteiger partial charge in [-0.15, -0.1) is 0 Å². The van der Waals surface area contributed by atoms with Crippen LogP contribution >= 0.6 is 0 Å². The molecule has 1 fully saturated rings. The van der Waals surface area contributed by atoms with Gasteiger partial charge in [-0.05, 0) is 48.5 Å². The highest BCUT2D eigenvalue weighted by Gasteiger charge is 2.52. The molecule has 254 valence electrons. The Hall–Kier alpha value is -6.73. The number of aromatic nitrogens is 4. The van der Waals surface area contributed by atoms with Crippen molar-refractivity contribution in [1.29, 1.82) is 0 Å². The van der Waals surface area contributed by atoms with E-state index in [1.807, 2.05) is 0 Å². The third-order valence-corrected chi connectivity index (χ3v) is 8.08. The number of imidazole rings is 1. The number of hydrogen-bond acceptors (Lipinski definition) is 11. The van der Waals surface area contributed by atoms with Gasteiger partial charge in [0.2, 0.25) is 0 Å². The summed E-state index contributed by atoms with van der Waals surface area (Å²) in [7, 11) is 0. The SMILES string of the molecule is O=C(Nc1ncnc2c1ncn2[C@@H]1O[C@H]([13CH2]OC(=O)c2ccccc2)[C@@H](OC(=O)c2ccccc2)[C@H]1OC(=O)c1ccccc1)c1ccccc1. The summed E-state index contributed by atoms with van der Waals surface area (Å²) < 4.78 is 25.6. The third-order valence-electron chi connectivity index (χ3n) is 8.08. The third kappa shape index (κ3) is 7.19. The van der Waals surface area contributed by atoms with E-state index in [1.54, 1.807) is 121 Å². The van der Waals surface area contributed by atoms with Crippen LogP contribution in [0.3, 0.4) is 0 Å². The zero-order valence-corrected chi connectivity index (χ0v) is 26.8. The van der Waals surface area contributed by atoms with E-state index in [1.165, 1.54) is 17.2 Å². The van der Waals surface area contributed by atoms with Crippen molar-refractivity contribution in [1.82, 2.24) is 19.5 Å². The minimum atomic E-state index is -1.29. The van der Waals surface area contributed by atoms with Gasteiger partial charge in [0, 0.05) is 5.56 Å². The van der Waals surface area contributed by atoms with Crippen LogP contribution in [0, 0.1) is 0 Å². The Bertz CT molecular complexity index is 2160. The van der Waals surface area contributed by atoms with Crippen LogP contribution in [0.2, 0.25) is 0 Å². The molecule has 0 aliphatic carbocycles. The van der Waals surface area contributed by atoms with Crippen molar-refractivity contribution in [3.63, 3.8) is 0 Å². The van der Waals surface area contributed by atoms with E-state index < -0.39 is 48.4 Å². The maximum atomic E-state index is 13.5. The standard InChI is InChI=1S/C38H29N5O8/c44-34(24-13-5-1-6-14-24)42-32-29-33(40-22-39-32)43(23-41-29)35-31(51-38(47)27-19-11-4-12-20-27)30(50-37(46)26-17-9-3-10-18-26)28(49-35)21-48-36(45)25-15-7-2-8-16-25/h1-20,22-23,28,30-31,35H,21H2,(H,39,40,42,44)/t28-,30-,31-,35-/m1/s1/i21+1. The van der Waals surface area contributed by atoms with Gasteiger partial charge in [-0.1, -0.05) is 72.8 Å². The Morgan fingerprint density at radius 2 is 1.14 bits per heavy atom. The topological polar surface area (TPSA) is 161 Å². The molecule has 0 bridgehead atoms. The monoisotopic (exact) mass is 684 g/mol. The van der Waals surface area contributed by atoms with Crippen molar-refractivity contribution in [2.45, 2.75) is 24.5 Å². The number of amides is 1. The average Bonchev–Trinajstić information content (AvgIpc) is 3.76. The number of ether oxygens (including phenoxy) is 4. The normalized spacial score (nSPS) is 18.1. The Morgan fingerprint density at radius 3 is 1.71 bits per heavy atom. The zero-order chi connectivity index (χ0) is 35.2. The average molecular weight is 685 g/mol. The van der Waals surface area contributed by atoms with Crippen LogP contribution in [0.1, 0.15) is 47.7 Å². The lowest BCUT2D eigenvalue weighted by molar-refractivity contribution is -0.0606. The summed E-state index contributed by atoms with van der Waals surface area (Å²) in [6.45, 7) is -0.365. The zero-order valence-electron chi connectivity index (χ0n) is 26.8. The van der Waals surface area contributed by atoms with E-state index in [2.05, 4.69) is 20.3 Å². The molecule has 0 unspecified atom stereocenters. The molecule has 1 N–H and O–H groups in total. The highest BCUT2D eigenvalue weighted by molar-refractivity contribution is 6.06. The summed E-state index contributed by atoms with van der Waals surface area (Å²) in [5, 5.41) is 2.76. The number of rotatable bonds is 10. The second-order valence-electron chi connectivity index (χ2n) is 11.4. The molecule has 1 aliphatic rings. The first-order chi connectivity index (χ1) is 25.0. The number of hydrogen-bond donors (Lipinski definition) is 1. The molecule has 6 aromatic rings. The van der Waals surface area contributed by atoms with Crippen LogP contribution in [0.25, 0.3) is 11.2 Å². The van der Waals surface area contributed by atoms with Gasteiger partial charge in [-0.2, -0.15) is 0 Å². The second-order valence-corrected chi connectivity index (χ2v) is 11.4. The van der Waals surface area contributed by atoms with Crippen LogP contribution in [0.5, 0.6) is 0 Å². The number of anilines is 1. The Labute approximate surface area is 290 Å². The molecule has 3 heterocycles. The molecular weight excluding hydrogens is 655 g/mol. The van der Waals surface area contributed by atoms with Gasteiger partial charge in [0.25, 0.3) is 5.91 Å². The molecule has 1 saturated heterocycles. The molecule has 4 atom stereocenters. The number of carbonyl (C=O) groups excluding carboxylic acids is 4. The molecule has 51 heavy (non-hydrogen) atoms. The van der Waals surface area contributed by atoms with Crippen LogP contribution in [-0.4, -0.2) is 68.3 Å². The van der Waals surface area contributed by atoms with Crippen LogP contribution < -0.4 is 5.32 Å². The first-order valence-electron chi connectivity index (χ1n) is 15.9. The van der Waals surface area contributed by atoms with Crippen LogP contribution in [0.4, 0.5) is 5.82 Å². The highest BCUT2D eigenvalue weighted by Crippen LogP contribution is 2.37. The maximum Gasteiger partial charge on any atom is 0.338 e. The molecule has 7 rings (SSSR count). The van der Waals surface area contributed by atoms with Crippen molar-refractivity contribution < 1.29 is 38.1 Å². The number of fused-ring (bicyclic) bond motifs is 1. The van der Waals surface area contributed by atoms with Gasteiger partial charge in [-0.3, -0.25) is 9.36 Å². The molecule has 0 radical (unpaired) electrons. The van der Waals surface area contributed by atoms with Crippen molar-refractivity contribution >= 4 is 40.8 Å². The predicted molar refractivity (Wildman–Crippen MR) is 182 cm³/mol. The number of carbonyl (C=O) groups is 4. The molecule has 2 aromatic heterocycles. The Morgan fingerprint density at radius 1 is 0.627 bits per heavy atom. The second kappa shape index (κ2) is 14.8. The van der Waals surface area contributed by atoms with E-state index >= 15 is 0 Å². The summed E-state index contributed by atoms with van der Waals surface area (Å²) in [5.41, 5.74) is 1.64. The lowest BCUT2D eigenvalue weighted by Gasteiger charge is -2.25. The molecule has 4 aromatic carbocycles. The van der Waals surface area contributed by atoms with Gasteiger partial charge >= 0.3 is 17.9 Å². The fraction of sp³-hybridized carbons (Fsp3) is 0.132. The molecule has 0 saturated carbocycles. The molecular formula is C38H29N5O8. The van der Waals surface area contributed by atoms with Crippen molar-refractivity contribution in [3.05, 3.63) is 156 Å². The smallest absolute Gasteiger partial charge is 0.338 e. The lowest BCUT2D eigenvalue weighted by Crippen LogP contribution is -2.41. The predicted octanol–water partition coefficient (Wildman–Crippen LogP) is 5.28. The first kappa shape index (κ1) is 32.8. The molecule has 1 amide bonds. The summed E-state index contributed by atoms with van der Waals surface area (Å²) in [5.74, 6) is -2.34. The summed E-state index contributed by atoms with van der Waals surface area (Å²) in [6.07, 6.45) is -2.23. The molecule has 1 aliphatic heterocycles. The van der Waals surface area contributed by atoms with E-state index in [0.717, 1.165) is 0 Å². The lowest BCUT2D eigenvalue weighted by atomic mass is 10.1. The molecule has 13 heteroatoms. The highest BCUT2D eigenvalue weighted by atomic mass is 16.7. The summed E-state index contributed by atoms with van der Waals surface area (Å²) in [6, 6.07) is 33.5. The van der Waals surface area contributed by atoms with Gasteiger partial charge in [-0.25, -0.2) is 29.3 Å².